The normalized spacial score (nSPS) is 20.2. The largest absolute Gasteiger partial charge is 0.444 e. The third-order valence-corrected chi connectivity index (χ3v) is 2.79. The maximum atomic E-state index is 12.3. The van der Waals surface area contributed by atoms with E-state index in [9.17, 15) is 22.8 Å². The lowest BCUT2D eigenvalue weighted by atomic mass is 10.2. The molecule has 0 aromatic carbocycles. The first-order valence-corrected chi connectivity index (χ1v) is 6.22. The fourth-order valence-corrected chi connectivity index (χ4v) is 1.92. The Hall–Kier alpha value is -1.47. The lowest BCUT2D eigenvalue weighted by Crippen LogP contribution is -2.46. The van der Waals surface area contributed by atoms with Crippen LogP contribution in [-0.2, 0) is 9.53 Å². The molecule has 0 spiro atoms. The lowest BCUT2D eigenvalue weighted by molar-refractivity contribution is -0.158. The van der Waals surface area contributed by atoms with Crippen molar-refractivity contribution in [1.82, 2.24) is 9.80 Å². The highest BCUT2D eigenvalue weighted by Gasteiger charge is 2.42. The summed E-state index contributed by atoms with van der Waals surface area (Å²) in [7, 11) is 1.35. The summed E-state index contributed by atoms with van der Waals surface area (Å²) >= 11 is 0. The van der Waals surface area contributed by atoms with Crippen molar-refractivity contribution in [2.24, 2.45) is 0 Å². The van der Waals surface area contributed by atoms with Crippen molar-refractivity contribution < 1.29 is 27.5 Å². The van der Waals surface area contributed by atoms with Crippen molar-refractivity contribution in [1.29, 1.82) is 0 Å². The van der Waals surface area contributed by atoms with E-state index in [0.29, 0.717) is 4.90 Å². The van der Waals surface area contributed by atoms with Gasteiger partial charge in [-0.15, -0.1) is 0 Å². The van der Waals surface area contributed by atoms with Crippen LogP contribution in [0.3, 0.4) is 0 Å². The molecular formula is C12H19F3N2O3. The van der Waals surface area contributed by atoms with Crippen LogP contribution in [0, 0.1) is 0 Å². The Morgan fingerprint density at radius 2 is 1.95 bits per heavy atom. The predicted molar refractivity (Wildman–Crippen MR) is 65.0 cm³/mol. The number of amides is 2. The Morgan fingerprint density at radius 3 is 2.40 bits per heavy atom. The van der Waals surface area contributed by atoms with Crippen molar-refractivity contribution in [3.8, 4) is 0 Å². The maximum absolute atomic E-state index is 12.3. The minimum atomic E-state index is -4.44. The van der Waals surface area contributed by atoms with E-state index in [0.717, 1.165) is 4.90 Å². The first-order chi connectivity index (χ1) is 8.91. The van der Waals surface area contributed by atoms with E-state index >= 15 is 0 Å². The Bertz CT molecular complexity index is 390. The van der Waals surface area contributed by atoms with E-state index < -0.39 is 36.4 Å². The van der Waals surface area contributed by atoms with Crippen molar-refractivity contribution in [3.05, 3.63) is 0 Å². The molecule has 1 heterocycles. The van der Waals surface area contributed by atoms with Crippen molar-refractivity contribution in [2.45, 2.75) is 45.0 Å². The highest BCUT2D eigenvalue weighted by atomic mass is 19.4. The van der Waals surface area contributed by atoms with Gasteiger partial charge >= 0.3 is 12.3 Å². The number of halogens is 3. The standard InChI is InChI=1S/C12H19F3N2O3/c1-11(2,3)20-10(19)16(4)8-5-6-17(9(8)18)7-12(13,14)15/h8H,5-7H2,1-4H3/t8-/m0/s1. The second kappa shape index (κ2) is 5.49. The summed E-state index contributed by atoms with van der Waals surface area (Å²) in [5, 5.41) is 0. The average Bonchev–Trinajstić information content (AvgIpc) is 2.54. The van der Waals surface area contributed by atoms with Gasteiger partial charge in [-0.3, -0.25) is 9.69 Å². The topological polar surface area (TPSA) is 49.9 Å². The molecule has 1 aliphatic rings. The van der Waals surface area contributed by atoms with Gasteiger partial charge < -0.3 is 9.64 Å². The molecule has 1 saturated heterocycles. The third-order valence-electron chi connectivity index (χ3n) is 2.79. The van der Waals surface area contributed by atoms with Gasteiger partial charge in [0.15, 0.2) is 0 Å². The lowest BCUT2D eigenvalue weighted by Gasteiger charge is -2.28. The van der Waals surface area contributed by atoms with Gasteiger partial charge in [-0.25, -0.2) is 4.79 Å². The van der Waals surface area contributed by atoms with Crippen LogP contribution in [0.15, 0.2) is 0 Å². The zero-order valence-electron chi connectivity index (χ0n) is 12.0. The van der Waals surface area contributed by atoms with Gasteiger partial charge in [0.2, 0.25) is 5.91 Å². The first kappa shape index (κ1) is 16.6. The van der Waals surface area contributed by atoms with Gasteiger partial charge in [0.05, 0.1) is 0 Å². The number of alkyl halides is 3. The first-order valence-electron chi connectivity index (χ1n) is 6.22. The number of likely N-dealkylation sites (N-methyl/N-ethyl adjacent to an activating group) is 1. The molecule has 5 nitrogen and oxygen atoms in total. The molecule has 1 fully saturated rings. The molecule has 1 rings (SSSR count). The molecule has 0 unspecified atom stereocenters. The predicted octanol–water partition coefficient (Wildman–Crippen LogP) is 2.02. The van der Waals surface area contributed by atoms with E-state index in [1.165, 1.54) is 7.05 Å². The number of hydrogen-bond donors (Lipinski definition) is 0. The summed E-state index contributed by atoms with van der Waals surface area (Å²) in [5.74, 6) is -0.698. The van der Waals surface area contributed by atoms with E-state index in [1.807, 2.05) is 0 Å². The Balaban J connectivity index is 2.65. The minimum Gasteiger partial charge on any atom is -0.444 e. The molecule has 1 aliphatic heterocycles. The van der Waals surface area contributed by atoms with E-state index in [1.54, 1.807) is 20.8 Å². The van der Waals surface area contributed by atoms with Crippen LogP contribution in [0.2, 0.25) is 0 Å². The second-order valence-corrected chi connectivity index (χ2v) is 5.77. The number of rotatable bonds is 2. The highest BCUT2D eigenvalue weighted by molar-refractivity contribution is 5.87. The van der Waals surface area contributed by atoms with Crippen LogP contribution in [0.5, 0.6) is 0 Å². The highest BCUT2D eigenvalue weighted by Crippen LogP contribution is 2.23. The quantitative estimate of drug-likeness (QED) is 0.783. The van der Waals surface area contributed by atoms with Gasteiger partial charge in [-0.1, -0.05) is 0 Å². The number of likely N-dealkylation sites (tertiary alicyclic amines) is 1. The SMILES string of the molecule is CN(C(=O)OC(C)(C)C)[C@H]1CCN(CC(F)(F)F)C1=O. The average molecular weight is 296 g/mol. The molecular weight excluding hydrogens is 277 g/mol. The van der Waals surface area contributed by atoms with Crippen LogP contribution < -0.4 is 0 Å². The smallest absolute Gasteiger partial charge is 0.410 e. The Labute approximate surface area is 115 Å². The van der Waals surface area contributed by atoms with Crippen LogP contribution in [0.25, 0.3) is 0 Å². The van der Waals surface area contributed by atoms with E-state index in [2.05, 4.69) is 0 Å². The molecule has 0 radical (unpaired) electrons. The number of carbonyl (C=O) groups excluding carboxylic acids is 2. The molecule has 116 valence electrons. The van der Waals surface area contributed by atoms with Crippen molar-refractivity contribution in [2.75, 3.05) is 20.1 Å². The Morgan fingerprint density at radius 1 is 1.40 bits per heavy atom. The summed E-state index contributed by atoms with van der Waals surface area (Å²) in [6, 6.07) is -0.896. The molecule has 0 aromatic heterocycles. The van der Waals surface area contributed by atoms with Gasteiger partial charge in [0.25, 0.3) is 0 Å². The molecule has 1 atom stereocenters. The van der Waals surface area contributed by atoms with Crippen LogP contribution in [-0.4, -0.2) is 59.8 Å². The number of hydrogen-bond acceptors (Lipinski definition) is 3. The van der Waals surface area contributed by atoms with Crippen molar-refractivity contribution >= 4 is 12.0 Å². The van der Waals surface area contributed by atoms with Gasteiger partial charge in [0, 0.05) is 13.6 Å². The maximum Gasteiger partial charge on any atom is 0.410 e. The van der Waals surface area contributed by atoms with Crippen LogP contribution in [0.4, 0.5) is 18.0 Å². The summed E-state index contributed by atoms with van der Waals surface area (Å²) in [4.78, 5) is 25.4. The molecule has 0 N–H and O–H groups in total. The van der Waals surface area contributed by atoms with Gasteiger partial charge in [-0.05, 0) is 27.2 Å². The molecule has 2 amide bonds. The van der Waals surface area contributed by atoms with Gasteiger partial charge in [-0.2, -0.15) is 13.2 Å². The molecule has 0 aliphatic carbocycles. The van der Waals surface area contributed by atoms with Crippen LogP contribution >= 0.6 is 0 Å². The summed E-state index contributed by atoms with van der Waals surface area (Å²) in [5.41, 5.74) is -0.724. The van der Waals surface area contributed by atoms with Crippen molar-refractivity contribution in [3.63, 3.8) is 0 Å². The molecule has 0 bridgehead atoms. The zero-order valence-corrected chi connectivity index (χ0v) is 12.0. The third kappa shape index (κ3) is 4.57. The molecule has 0 saturated carbocycles. The molecule has 8 heteroatoms. The van der Waals surface area contributed by atoms with E-state index in [4.69, 9.17) is 4.74 Å². The zero-order chi connectivity index (χ0) is 15.7. The fraction of sp³-hybridized carbons (Fsp3) is 0.833. The Kier molecular flexibility index (Phi) is 4.55. The monoisotopic (exact) mass is 296 g/mol. The fourth-order valence-electron chi connectivity index (χ4n) is 1.92. The summed E-state index contributed by atoms with van der Waals surface area (Å²) in [6.45, 7) is 3.71. The van der Waals surface area contributed by atoms with Gasteiger partial charge in [0.1, 0.15) is 18.2 Å². The summed E-state index contributed by atoms with van der Waals surface area (Å²) in [6.07, 6.45) is -4.98. The molecule has 20 heavy (non-hydrogen) atoms. The number of carbonyl (C=O) groups is 2. The number of ether oxygens (including phenoxy) is 1. The molecule has 0 aromatic rings. The van der Waals surface area contributed by atoms with E-state index in [-0.39, 0.29) is 13.0 Å². The summed E-state index contributed by atoms with van der Waals surface area (Å²) < 4.78 is 42.0. The number of nitrogens with zero attached hydrogens (tertiary/aromatic N) is 2. The second-order valence-electron chi connectivity index (χ2n) is 5.77. The minimum absolute atomic E-state index is 0.0177. The van der Waals surface area contributed by atoms with Crippen LogP contribution in [0.1, 0.15) is 27.2 Å².